The molecule has 0 aromatic heterocycles. The Kier molecular flexibility index (Phi) is 6.65. The van der Waals surface area contributed by atoms with Crippen molar-refractivity contribution in [1.82, 2.24) is 5.32 Å². The maximum absolute atomic E-state index is 11.7. The normalized spacial score (nSPS) is 14.3. The highest BCUT2D eigenvalue weighted by molar-refractivity contribution is 5.68. The van der Waals surface area contributed by atoms with Gasteiger partial charge in [-0.15, -0.1) is 0 Å². The van der Waals surface area contributed by atoms with E-state index < -0.39 is 17.8 Å². The molecule has 0 radical (unpaired) electrons. The molecule has 1 rings (SSSR count). The Morgan fingerprint density at radius 1 is 1.29 bits per heavy atom. The maximum atomic E-state index is 11.7. The molecule has 5 heteroatoms. The van der Waals surface area contributed by atoms with Crippen LogP contribution in [0.25, 0.3) is 0 Å². The zero-order valence-electron chi connectivity index (χ0n) is 13.1. The Morgan fingerprint density at radius 2 is 1.90 bits per heavy atom. The van der Waals surface area contributed by atoms with Gasteiger partial charge in [0.05, 0.1) is 19.3 Å². The summed E-state index contributed by atoms with van der Waals surface area (Å²) in [5.74, 6) is 0. The van der Waals surface area contributed by atoms with Gasteiger partial charge in [-0.05, 0) is 33.3 Å². The SMILES string of the molecule is C[C@H](NC(=O)OC(C)(C)C)[C@H](CO)OCc1ccccc1. The summed E-state index contributed by atoms with van der Waals surface area (Å²) in [6.07, 6.45) is -1.01. The van der Waals surface area contributed by atoms with Crippen molar-refractivity contribution in [3.05, 3.63) is 35.9 Å². The lowest BCUT2D eigenvalue weighted by molar-refractivity contribution is -0.0196. The van der Waals surface area contributed by atoms with Crippen molar-refractivity contribution in [2.75, 3.05) is 6.61 Å². The van der Waals surface area contributed by atoms with Gasteiger partial charge in [-0.25, -0.2) is 4.79 Å². The second kappa shape index (κ2) is 8.00. The third-order valence-electron chi connectivity index (χ3n) is 2.79. The molecule has 118 valence electrons. The van der Waals surface area contributed by atoms with Crippen LogP contribution in [-0.2, 0) is 16.1 Å². The Hall–Kier alpha value is -1.59. The van der Waals surface area contributed by atoms with Gasteiger partial charge in [0.25, 0.3) is 0 Å². The largest absolute Gasteiger partial charge is 0.444 e. The lowest BCUT2D eigenvalue weighted by Gasteiger charge is -2.26. The number of ether oxygens (including phenoxy) is 2. The highest BCUT2D eigenvalue weighted by Gasteiger charge is 2.22. The molecule has 0 saturated carbocycles. The van der Waals surface area contributed by atoms with Crippen molar-refractivity contribution >= 4 is 6.09 Å². The molecule has 2 N–H and O–H groups in total. The van der Waals surface area contributed by atoms with Crippen LogP contribution in [0.5, 0.6) is 0 Å². The first-order chi connectivity index (χ1) is 9.81. The van der Waals surface area contributed by atoms with Gasteiger partial charge in [0, 0.05) is 0 Å². The predicted octanol–water partition coefficient (Wildman–Crippen LogP) is 2.48. The quantitative estimate of drug-likeness (QED) is 0.846. The second-order valence-electron chi connectivity index (χ2n) is 5.95. The number of alkyl carbamates (subject to hydrolysis) is 1. The molecule has 0 aliphatic carbocycles. The summed E-state index contributed by atoms with van der Waals surface area (Å²) in [5.41, 5.74) is 0.462. The number of carbonyl (C=O) groups excluding carboxylic acids is 1. The number of benzene rings is 1. The van der Waals surface area contributed by atoms with Crippen LogP contribution in [-0.4, -0.2) is 35.6 Å². The van der Waals surface area contributed by atoms with Crippen LogP contribution >= 0.6 is 0 Å². The molecule has 0 aliphatic rings. The van der Waals surface area contributed by atoms with E-state index in [0.29, 0.717) is 6.61 Å². The molecule has 0 spiro atoms. The summed E-state index contributed by atoms with van der Waals surface area (Å²) < 4.78 is 10.8. The van der Waals surface area contributed by atoms with Crippen LogP contribution in [0, 0.1) is 0 Å². The van der Waals surface area contributed by atoms with E-state index in [1.54, 1.807) is 27.7 Å². The molecule has 0 unspecified atom stereocenters. The minimum atomic E-state index is -0.552. The number of amides is 1. The summed E-state index contributed by atoms with van der Waals surface area (Å²) in [5, 5.41) is 12.1. The molecule has 1 amide bonds. The van der Waals surface area contributed by atoms with E-state index in [2.05, 4.69) is 5.32 Å². The first-order valence-corrected chi connectivity index (χ1v) is 7.07. The summed E-state index contributed by atoms with van der Waals surface area (Å²) in [4.78, 5) is 11.7. The Morgan fingerprint density at radius 3 is 2.43 bits per heavy atom. The number of carbonyl (C=O) groups is 1. The number of nitrogens with one attached hydrogen (secondary N) is 1. The average Bonchev–Trinajstić information content (AvgIpc) is 2.38. The Balaban J connectivity index is 2.45. The molecule has 2 atom stereocenters. The Labute approximate surface area is 126 Å². The van der Waals surface area contributed by atoms with Gasteiger partial charge in [0.1, 0.15) is 11.7 Å². The number of hydrogen-bond donors (Lipinski definition) is 2. The zero-order valence-corrected chi connectivity index (χ0v) is 13.1. The van der Waals surface area contributed by atoms with Gasteiger partial charge in [-0.2, -0.15) is 0 Å². The molecule has 0 saturated heterocycles. The topological polar surface area (TPSA) is 67.8 Å². The minimum absolute atomic E-state index is 0.177. The summed E-state index contributed by atoms with van der Waals surface area (Å²) in [6, 6.07) is 9.32. The minimum Gasteiger partial charge on any atom is -0.444 e. The van der Waals surface area contributed by atoms with Crippen molar-refractivity contribution in [3.63, 3.8) is 0 Å². The van der Waals surface area contributed by atoms with Crippen molar-refractivity contribution in [3.8, 4) is 0 Å². The second-order valence-corrected chi connectivity index (χ2v) is 5.95. The molecular weight excluding hydrogens is 270 g/mol. The van der Waals surface area contributed by atoms with E-state index in [0.717, 1.165) is 5.56 Å². The summed E-state index contributed by atoms with van der Waals surface area (Å²) in [7, 11) is 0. The van der Waals surface area contributed by atoms with Gasteiger partial charge in [0.15, 0.2) is 0 Å². The third kappa shape index (κ3) is 7.11. The van der Waals surface area contributed by atoms with Gasteiger partial charge in [-0.3, -0.25) is 0 Å². The first-order valence-electron chi connectivity index (χ1n) is 7.07. The van der Waals surface area contributed by atoms with E-state index in [4.69, 9.17) is 9.47 Å². The van der Waals surface area contributed by atoms with Crippen molar-refractivity contribution in [1.29, 1.82) is 0 Å². The van der Waals surface area contributed by atoms with E-state index in [1.165, 1.54) is 0 Å². The van der Waals surface area contributed by atoms with Crippen LogP contribution in [0.4, 0.5) is 4.79 Å². The number of aliphatic hydroxyl groups excluding tert-OH is 1. The summed E-state index contributed by atoms with van der Waals surface area (Å²) >= 11 is 0. The van der Waals surface area contributed by atoms with E-state index >= 15 is 0 Å². The number of aliphatic hydroxyl groups is 1. The molecule has 21 heavy (non-hydrogen) atoms. The number of hydrogen-bond acceptors (Lipinski definition) is 4. The molecule has 1 aromatic carbocycles. The molecule has 0 aliphatic heterocycles. The lowest BCUT2D eigenvalue weighted by atomic mass is 10.2. The van der Waals surface area contributed by atoms with Crippen LogP contribution in [0.3, 0.4) is 0 Å². The number of rotatable bonds is 6. The third-order valence-corrected chi connectivity index (χ3v) is 2.79. The fourth-order valence-corrected chi connectivity index (χ4v) is 1.72. The van der Waals surface area contributed by atoms with E-state index in [9.17, 15) is 9.90 Å². The smallest absolute Gasteiger partial charge is 0.407 e. The fraction of sp³-hybridized carbons (Fsp3) is 0.562. The van der Waals surface area contributed by atoms with Crippen LogP contribution in [0.15, 0.2) is 30.3 Å². The van der Waals surface area contributed by atoms with Gasteiger partial charge >= 0.3 is 6.09 Å². The van der Waals surface area contributed by atoms with Crippen molar-refractivity contribution < 1.29 is 19.4 Å². The molecule has 0 heterocycles. The molecule has 5 nitrogen and oxygen atoms in total. The van der Waals surface area contributed by atoms with Crippen molar-refractivity contribution in [2.45, 2.75) is 52.0 Å². The maximum Gasteiger partial charge on any atom is 0.407 e. The van der Waals surface area contributed by atoms with Crippen LogP contribution in [0.1, 0.15) is 33.3 Å². The van der Waals surface area contributed by atoms with Gasteiger partial charge in [-0.1, -0.05) is 30.3 Å². The highest BCUT2D eigenvalue weighted by atomic mass is 16.6. The van der Waals surface area contributed by atoms with Gasteiger partial charge in [0.2, 0.25) is 0 Å². The lowest BCUT2D eigenvalue weighted by Crippen LogP contribution is -2.46. The zero-order chi connectivity index (χ0) is 15.9. The Bertz CT molecular complexity index is 428. The average molecular weight is 295 g/mol. The van der Waals surface area contributed by atoms with E-state index in [1.807, 2.05) is 30.3 Å². The molecule has 1 aromatic rings. The molecule has 0 fully saturated rings. The summed E-state index contributed by atoms with van der Waals surface area (Å²) in [6.45, 7) is 7.37. The molecular formula is C16H25NO4. The fourth-order valence-electron chi connectivity index (χ4n) is 1.72. The monoisotopic (exact) mass is 295 g/mol. The standard InChI is InChI=1S/C16H25NO4/c1-12(17-15(19)21-16(2,3)4)14(10-18)20-11-13-8-6-5-7-9-13/h5-9,12,14,18H,10-11H2,1-4H3,(H,17,19)/t12-,14-/m0/s1. The van der Waals surface area contributed by atoms with E-state index in [-0.39, 0.29) is 12.6 Å². The predicted molar refractivity (Wildman–Crippen MR) is 80.9 cm³/mol. The molecule has 0 bridgehead atoms. The van der Waals surface area contributed by atoms with Crippen LogP contribution < -0.4 is 5.32 Å². The first kappa shape index (κ1) is 17.5. The van der Waals surface area contributed by atoms with Crippen molar-refractivity contribution in [2.24, 2.45) is 0 Å². The van der Waals surface area contributed by atoms with Crippen LogP contribution in [0.2, 0.25) is 0 Å². The highest BCUT2D eigenvalue weighted by Crippen LogP contribution is 2.09. The van der Waals surface area contributed by atoms with Gasteiger partial charge < -0.3 is 19.9 Å².